The molecule has 0 bridgehead atoms. The van der Waals surface area contributed by atoms with Gasteiger partial charge in [-0.05, 0) is 80.4 Å². The maximum Gasteiger partial charge on any atom is 0.343 e. The lowest BCUT2D eigenvalue weighted by atomic mass is 10.2. The van der Waals surface area contributed by atoms with Gasteiger partial charge in [-0.1, -0.05) is 6.58 Å². The number of carbonyl (C=O) groups excluding carboxylic acids is 2. The molecule has 3 rings (SSSR count). The van der Waals surface area contributed by atoms with E-state index in [4.69, 9.17) is 14.2 Å². The van der Waals surface area contributed by atoms with Crippen LogP contribution in [0.5, 0.6) is 11.5 Å². The van der Waals surface area contributed by atoms with Gasteiger partial charge in [-0.15, -0.1) is 0 Å². The summed E-state index contributed by atoms with van der Waals surface area (Å²) in [4.78, 5) is 25.9. The molecule has 3 aromatic rings. The van der Waals surface area contributed by atoms with Crippen LogP contribution in [0, 0.1) is 5.82 Å². The van der Waals surface area contributed by atoms with Crippen LogP contribution in [0.15, 0.2) is 78.9 Å². The molecule has 206 valence electrons. The molecular formula is C30H34FN3O5. The largest absolute Gasteiger partial charge is 0.494 e. The first-order chi connectivity index (χ1) is 18.6. The first-order valence-corrected chi connectivity index (χ1v) is 12.5. The molecule has 0 aliphatic rings. The summed E-state index contributed by atoms with van der Waals surface area (Å²) in [5, 5.41) is 1.55. The molecule has 0 aromatic heterocycles. The zero-order chi connectivity index (χ0) is 28.4. The monoisotopic (exact) mass is 535 g/mol. The molecule has 0 saturated carbocycles. The molecule has 0 spiro atoms. The molecule has 9 heteroatoms. The van der Waals surface area contributed by atoms with E-state index >= 15 is 0 Å². The topological polar surface area (TPSA) is 80.3 Å². The molecule has 0 saturated heterocycles. The number of carbonyl (C=O) groups is 2. The fourth-order valence-corrected chi connectivity index (χ4v) is 3.45. The number of nitrogens with one attached hydrogen (secondary N) is 1. The normalized spacial score (nSPS) is 10.4. The minimum Gasteiger partial charge on any atom is -0.494 e. The van der Waals surface area contributed by atoms with Gasteiger partial charge < -0.3 is 19.1 Å². The average Bonchev–Trinajstić information content (AvgIpc) is 2.91. The standard InChI is InChI=1S/C30H34FN3O5/c1-21(2)29(35)38-19-7-6-18-37-25-14-8-22(9-15-25)30(36)39-26-16-17-28(27(31)20-26)34(5)32-23-10-12-24(13-11-23)33(3)4/h8-17,20,32H,1,6-7,18-19H2,2-5H3. The highest BCUT2D eigenvalue weighted by Gasteiger charge is 2.13. The number of rotatable bonds is 13. The van der Waals surface area contributed by atoms with Crippen LogP contribution >= 0.6 is 0 Å². The van der Waals surface area contributed by atoms with Crippen molar-refractivity contribution in [3.8, 4) is 11.5 Å². The summed E-state index contributed by atoms with van der Waals surface area (Å²) < 4.78 is 30.9. The zero-order valence-electron chi connectivity index (χ0n) is 22.7. The molecule has 0 amide bonds. The van der Waals surface area contributed by atoms with Gasteiger partial charge in [0.1, 0.15) is 11.5 Å². The van der Waals surface area contributed by atoms with Crippen molar-refractivity contribution in [1.29, 1.82) is 0 Å². The molecule has 0 heterocycles. The highest BCUT2D eigenvalue weighted by molar-refractivity contribution is 5.91. The Bertz CT molecular complexity index is 1280. The Kier molecular flexibility index (Phi) is 10.3. The number of benzene rings is 3. The van der Waals surface area contributed by atoms with E-state index in [1.54, 1.807) is 43.2 Å². The molecule has 0 aliphatic heterocycles. The van der Waals surface area contributed by atoms with Gasteiger partial charge >= 0.3 is 11.9 Å². The van der Waals surface area contributed by atoms with E-state index in [0.29, 0.717) is 48.6 Å². The molecule has 39 heavy (non-hydrogen) atoms. The SMILES string of the molecule is C=C(C)C(=O)OCCCCOc1ccc(C(=O)Oc2ccc(N(C)Nc3ccc(N(C)C)cc3)c(F)c2)cc1. The highest BCUT2D eigenvalue weighted by atomic mass is 19.1. The van der Waals surface area contributed by atoms with Gasteiger partial charge in [0.15, 0.2) is 5.82 Å². The summed E-state index contributed by atoms with van der Waals surface area (Å²) in [7, 11) is 5.62. The third-order valence-electron chi connectivity index (χ3n) is 5.65. The number of halogens is 1. The molecule has 0 aliphatic carbocycles. The van der Waals surface area contributed by atoms with E-state index in [2.05, 4.69) is 12.0 Å². The first-order valence-electron chi connectivity index (χ1n) is 12.5. The zero-order valence-corrected chi connectivity index (χ0v) is 22.7. The third-order valence-corrected chi connectivity index (χ3v) is 5.65. The van der Waals surface area contributed by atoms with Gasteiger partial charge in [-0.25, -0.2) is 14.0 Å². The quantitative estimate of drug-likeness (QED) is 0.0960. The second kappa shape index (κ2) is 13.9. The fourth-order valence-electron chi connectivity index (χ4n) is 3.45. The Morgan fingerprint density at radius 1 is 0.897 bits per heavy atom. The summed E-state index contributed by atoms with van der Waals surface area (Å²) in [5.41, 5.74) is 5.94. The fraction of sp³-hybridized carbons (Fsp3) is 0.267. The molecular weight excluding hydrogens is 501 g/mol. The van der Waals surface area contributed by atoms with Crippen molar-refractivity contribution in [2.45, 2.75) is 19.8 Å². The van der Waals surface area contributed by atoms with Crippen molar-refractivity contribution < 1.29 is 28.2 Å². The Hall–Kier alpha value is -4.53. The van der Waals surface area contributed by atoms with Crippen molar-refractivity contribution >= 4 is 29.0 Å². The number of anilines is 3. The number of hydrazine groups is 1. The summed E-state index contributed by atoms with van der Waals surface area (Å²) in [5.74, 6) is -0.868. The van der Waals surface area contributed by atoms with Gasteiger partial charge in [0.05, 0.1) is 30.2 Å². The molecule has 3 aromatic carbocycles. The number of ether oxygens (including phenoxy) is 3. The summed E-state index contributed by atoms with van der Waals surface area (Å²) >= 11 is 0. The predicted molar refractivity (Wildman–Crippen MR) is 151 cm³/mol. The molecule has 1 N–H and O–H groups in total. The number of nitrogens with zero attached hydrogens (tertiary/aromatic N) is 2. The molecule has 0 unspecified atom stereocenters. The number of unbranched alkanes of at least 4 members (excludes halogenated alkanes) is 1. The maximum absolute atomic E-state index is 14.8. The van der Waals surface area contributed by atoms with Crippen molar-refractivity contribution in [2.24, 2.45) is 0 Å². The summed E-state index contributed by atoms with van der Waals surface area (Å²) in [6, 6.07) is 18.5. The smallest absolute Gasteiger partial charge is 0.343 e. The van der Waals surface area contributed by atoms with Crippen LogP contribution in [0.4, 0.5) is 21.5 Å². The van der Waals surface area contributed by atoms with Gasteiger partial charge in [-0.2, -0.15) is 0 Å². The van der Waals surface area contributed by atoms with Gasteiger partial charge in [0.25, 0.3) is 0 Å². The lowest BCUT2D eigenvalue weighted by molar-refractivity contribution is -0.139. The maximum atomic E-state index is 14.8. The van der Waals surface area contributed by atoms with Crippen LogP contribution in [-0.4, -0.2) is 46.3 Å². The van der Waals surface area contributed by atoms with E-state index < -0.39 is 17.8 Å². The Balaban J connectivity index is 1.47. The Morgan fingerprint density at radius 2 is 1.54 bits per heavy atom. The Morgan fingerprint density at radius 3 is 2.15 bits per heavy atom. The van der Waals surface area contributed by atoms with Gasteiger partial charge in [-0.3, -0.25) is 10.4 Å². The first kappa shape index (κ1) is 29.0. The minimum absolute atomic E-state index is 0.0951. The lowest BCUT2D eigenvalue weighted by Gasteiger charge is -2.23. The van der Waals surface area contributed by atoms with Crippen LogP contribution in [0.2, 0.25) is 0 Å². The van der Waals surface area contributed by atoms with Crippen LogP contribution in [-0.2, 0) is 9.53 Å². The van der Waals surface area contributed by atoms with E-state index in [-0.39, 0.29) is 5.75 Å². The summed E-state index contributed by atoms with van der Waals surface area (Å²) in [6.45, 7) is 5.87. The van der Waals surface area contributed by atoms with Crippen LogP contribution < -0.4 is 24.8 Å². The van der Waals surface area contributed by atoms with E-state index in [9.17, 15) is 14.0 Å². The number of hydrogen-bond donors (Lipinski definition) is 1. The lowest BCUT2D eigenvalue weighted by Crippen LogP contribution is -2.25. The van der Waals surface area contributed by atoms with E-state index in [1.807, 2.05) is 43.3 Å². The van der Waals surface area contributed by atoms with Crippen molar-refractivity contribution in [3.63, 3.8) is 0 Å². The van der Waals surface area contributed by atoms with Crippen molar-refractivity contribution in [1.82, 2.24) is 0 Å². The van der Waals surface area contributed by atoms with E-state index in [0.717, 1.165) is 11.4 Å². The second-order valence-electron chi connectivity index (χ2n) is 9.11. The van der Waals surface area contributed by atoms with Crippen LogP contribution in [0.25, 0.3) is 0 Å². The summed E-state index contributed by atoms with van der Waals surface area (Å²) in [6.07, 6.45) is 1.36. The van der Waals surface area contributed by atoms with Crippen molar-refractivity contribution in [3.05, 3.63) is 90.3 Å². The van der Waals surface area contributed by atoms with E-state index in [1.165, 1.54) is 18.2 Å². The van der Waals surface area contributed by atoms with Crippen molar-refractivity contribution in [2.75, 3.05) is 49.7 Å². The third kappa shape index (κ3) is 8.77. The van der Waals surface area contributed by atoms with Crippen LogP contribution in [0.1, 0.15) is 30.1 Å². The molecule has 0 radical (unpaired) electrons. The molecule has 0 fully saturated rings. The minimum atomic E-state index is -0.611. The number of esters is 2. The average molecular weight is 536 g/mol. The Labute approximate surface area is 228 Å². The number of hydrogen-bond acceptors (Lipinski definition) is 8. The molecule has 0 atom stereocenters. The van der Waals surface area contributed by atoms with Gasteiger partial charge in [0.2, 0.25) is 0 Å². The highest BCUT2D eigenvalue weighted by Crippen LogP contribution is 2.25. The molecule has 8 nitrogen and oxygen atoms in total. The van der Waals surface area contributed by atoms with Gasteiger partial charge in [0, 0.05) is 38.5 Å². The predicted octanol–water partition coefficient (Wildman–Crippen LogP) is 5.85. The van der Waals surface area contributed by atoms with Crippen LogP contribution in [0.3, 0.4) is 0 Å². The second-order valence-corrected chi connectivity index (χ2v) is 9.11.